The summed E-state index contributed by atoms with van der Waals surface area (Å²) in [5, 5.41) is 5.01. The number of nitrogens with one attached hydrogen (secondary N) is 3. The molecule has 3 unspecified atom stereocenters. The highest BCUT2D eigenvalue weighted by Gasteiger charge is 2.49. The number of hydrogen-bond donors (Lipinski definition) is 3. The highest BCUT2D eigenvalue weighted by molar-refractivity contribution is 5.95. The van der Waals surface area contributed by atoms with Crippen LogP contribution in [-0.4, -0.2) is 47.0 Å². The van der Waals surface area contributed by atoms with E-state index in [1.807, 2.05) is 30.3 Å². The number of nitrogens with zero attached hydrogens (tertiary/aromatic N) is 2. The number of carbonyl (C=O) groups is 2. The fraction of sp³-hybridized carbons (Fsp3) is 0.529. The van der Waals surface area contributed by atoms with Gasteiger partial charge in [0.1, 0.15) is 12.7 Å². The Morgan fingerprint density at radius 1 is 1.21 bits per heavy atom. The van der Waals surface area contributed by atoms with Crippen LogP contribution in [0.2, 0.25) is 0 Å². The number of carbonyl (C=O) groups excluding carboxylic acids is 2. The summed E-state index contributed by atoms with van der Waals surface area (Å²) >= 11 is 0. The summed E-state index contributed by atoms with van der Waals surface area (Å²) < 4.78 is 0. The van der Waals surface area contributed by atoms with Crippen LogP contribution in [0.4, 0.5) is 5.69 Å². The molecule has 7 nitrogen and oxygen atoms in total. The normalized spacial score (nSPS) is 29.9. The maximum Gasteiger partial charge on any atom is 0.244 e. The lowest BCUT2D eigenvalue weighted by Crippen LogP contribution is -2.66. The van der Waals surface area contributed by atoms with Crippen LogP contribution < -0.4 is 16.3 Å². The maximum atomic E-state index is 13.0. The van der Waals surface area contributed by atoms with Gasteiger partial charge in [0, 0.05) is 18.3 Å². The van der Waals surface area contributed by atoms with Crippen molar-refractivity contribution < 1.29 is 9.59 Å². The first-order valence-corrected chi connectivity index (χ1v) is 8.66. The fourth-order valence-corrected chi connectivity index (χ4v) is 4.12. The van der Waals surface area contributed by atoms with E-state index in [9.17, 15) is 9.59 Å². The van der Waals surface area contributed by atoms with Crippen molar-refractivity contribution in [2.24, 2.45) is 5.92 Å². The predicted molar refractivity (Wildman–Crippen MR) is 89.3 cm³/mol. The first-order valence-electron chi connectivity index (χ1n) is 8.66. The molecule has 3 aliphatic rings. The van der Waals surface area contributed by atoms with E-state index in [2.05, 4.69) is 21.3 Å². The van der Waals surface area contributed by atoms with Crippen molar-refractivity contribution in [3.8, 4) is 0 Å². The first-order chi connectivity index (χ1) is 11.7. The number of anilines is 1. The molecule has 128 valence electrons. The van der Waals surface area contributed by atoms with E-state index in [-0.39, 0.29) is 36.5 Å². The van der Waals surface area contributed by atoms with Gasteiger partial charge in [0.25, 0.3) is 0 Å². The SMILES string of the molecule is O=C(CN1C(=O)C2CCCCC2N2NNCC12)Nc1ccccc1. The van der Waals surface area contributed by atoms with Gasteiger partial charge in [-0.05, 0) is 25.0 Å². The number of amides is 2. The van der Waals surface area contributed by atoms with Crippen molar-refractivity contribution in [3.05, 3.63) is 30.3 Å². The van der Waals surface area contributed by atoms with Crippen molar-refractivity contribution in [1.29, 1.82) is 0 Å². The lowest BCUT2D eigenvalue weighted by atomic mass is 9.81. The fourth-order valence-electron chi connectivity index (χ4n) is 4.12. The quantitative estimate of drug-likeness (QED) is 0.760. The number of rotatable bonds is 3. The van der Waals surface area contributed by atoms with Gasteiger partial charge in [-0.1, -0.05) is 31.0 Å². The molecule has 0 aromatic heterocycles. The van der Waals surface area contributed by atoms with Crippen molar-refractivity contribution in [2.75, 3.05) is 18.4 Å². The molecule has 2 aliphatic heterocycles. The molecule has 1 aromatic carbocycles. The minimum absolute atomic E-state index is 0.00748. The molecule has 4 rings (SSSR count). The van der Waals surface area contributed by atoms with Gasteiger partial charge in [-0.2, -0.15) is 5.53 Å². The number of hydrogen-bond acceptors (Lipinski definition) is 5. The number of hydrazine groups is 2. The zero-order valence-electron chi connectivity index (χ0n) is 13.6. The monoisotopic (exact) mass is 329 g/mol. The molecule has 2 saturated heterocycles. The molecule has 0 bridgehead atoms. The Kier molecular flexibility index (Phi) is 4.22. The van der Waals surface area contributed by atoms with Crippen LogP contribution in [-0.2, 0) is 9.59 Å². The lowest BCUT2D eigenvalue weighted by Gasteiger charge is -2.48. The molecular weight excluding hydrogens is 306 g/mol. The second-order valence-electron chi connectivity index (χ2n) is 6.72. The predicted octanol–water partition coefficient (Wildman–Crippen LogP) is 0.677. The summed E-state index contributed by atoms with van der Waals surface area (Å²) in [6, 6.07) is 9.58. The first kappa shape index (κ1) is 15.6. The summed E-state index contributed by atoms with van der Waals surface area (Å²) in [5.74, 6) is -0.0442. The summed E-state index contributed by atoms with van der Waals surface area (Å²) in [4.78, 5) is 27.1. The average molecular weight is 329 g/mol. The molecule has 0 spiro atoms. The summed E-state index contributed by atoms with van der Waals surface area (Å²) in [5.41, 5.74) is 7.06. The Morgan fingerprint density at radius 2 is 2.00 bits per heavy atom. The Balaban J connectivity index is 1.49. The van der Waals surface area contributed by atoms with Crippen LogP contribution in [0.25, 0.3) is 0 Å². The van der Waals surface area contributed by atoms with Crippen molar-refractivity contribution in [2.45, 2.75) is 37.9 Å². The molecule has 24 heavy (non-hydrogen) atoms. The number of fused-ring (bicyclic) bond motifs is 3. The number of para-hydroxylation sites is 1. The van der Waals surface area contributed by atoms with Gasteiger partial charge in [0.05, 0.1) is 5.92 Å². The summed E-state index contributed by atoms with van der Waals surface area (Å²) in [7, 11) is 0. The smallest absolute Gasteiger partial charge is 0.244 e. The van der Waals surface area contributed by atoms with Crippen LogP contribution in [0, 0.1) is 5.92 Å². The molecule has 0 radical (unpaired) electrons. The van der Waals surface area contributed by atoms with E-state index in [1.54, 1.807) is 4.90 Å². The Hall–Kier alpha value is -1.96. The van der Waals surface area contributed by atoms with Gasteiger partial charge in [0.15, 0.2) is 0 Å². The Labute approximate surface area is 141 Å². The highest BCUT2D eigenvalue weighted by atomic mass is 16.2. The van der Waals surface area contributed by atoms with E-state index in [1.165, 1.54) is 0 Å². The second kappa shape index (κ2) is 6.51. The van der Waals surface area contributed by atoms with E-state index in [4.69, 9.17) is 0 Å². The topological polar surface area (TPSA) is 76.7 Å². The molecule has 1 aromatic rings. The third-order valence-electron chi connectivity index (χ3n) is 5.23. The van der Waals surface area contributed by atoms with Gasteiger partial charge < -0.3 is 10.2 Å². The summed E-state index contributed by atoms with van der Waals surface area (Å²) in [6.07, 6.45) is 4.09. The van der Waals surface area contributed by atoms with E-state index in [0.29, 0.717) is 6.54 Å². The molecule has 1 saturated carbocycles. The van der Waals surface area contributed by atoms with Gasteiger partial charge in [0.2, 0.25) is 11.8 Å². The van der Waals surface area contributed by atoms with Crippen molar-refractivity contribution in [1.82, 2.24) is 20.9 Å². The highest BCUT2D eigenvalue weighted by Crippen LogP contribution is 2.35. The van der Waals surface area contributed by atoms with Gasteiger partial charge >= 0.3 is 0 Å². The van der Waals surface area contributed by atoms with Crippen LogP contribution in [0.1, 0.15) is 25.7 Å². The van der Waals surface area contributed by atoms with Crippen LogP contribution >= 0.6 is 0 Å². The molecule has 1 aliphatic carbocycles. The van der Waals surface area contributed by atoms with E-state index < -0.39 is 0 Å². The summed E-state index contributed by atoms with van der Waals surface area (Å²) in [6.45, 7) is 0.717. The lowest BCUT2D eigenvalue weighted by molar-refractivity contribution is -0.162. The molecule has 7 heteroatoms. The third kappa shape index (κ3) is 2.79. The van der Waals surface area contributed by atoms with Gasteiger partial charge in [-0.3, -0.25) is 9.59 Å². The van der Waals surface area contributed by atoms with Crippen LogP contribution in [0.15, 0.2) is 30.3 Å². The molecule has 3 fully saturated rings. The zero-order chi connectivity index (χ0) is 16.5. The Bertz CT molecular complexity index is 623. The standard InChI is InChI=1S/C17H23N5O2/c23-15(19-12-6-2-1-3-7-12)11-21-16-10-18-20-22(16)14-9-5-4-8-13(14)17(21)24/h1-3,6-7,13-14,16,18,20H,4-5,8-11H2,(H,19,23). The molecule has 3 atom stereocenters. The minimum Gasteiger partial charge on any atom is -0.325 e. The van der Waals surface area contributed by atoms with Crippen molar-refractivity contribution in [3.63, 3.8) is 0 Å². The number of benzene rings is 1. The van der Waals surface area contributed by atoms with Gasteiger partial charge in [-0.15, -0.1) is 0 Å². The average Bonchev–Trinajstić information content (AvgIpc) is 3.09. The maximum absolute atomic E-state index is 13.0. The van der Waals surface area contributed by atoms with Crippen LogP contribution in [0.3, 0.4) is 0 Å². The van der Waals surface area contributed by atoms with Crippen LogP contribution in [0.5, 0.6) is 0 Å². The second-order valence-corrected chi connectivity index (χ2v) is 6.72. The molecule has 3 N–H and O–H groups in total. The molecular formula is C17H23N5O2. The van der Waals surface area contributed by atoms with E-state index >= 15 is 0 Å². The third-order valence-corrected chi connectivity index (χ3v) is 5.23. The van der Waals surface area contributed by atoms with Crippen molar-refractivity contribution >= 4 is 17.5 Å². The van der Waals surface area contributed by atoms with E-state index in [0.717, 1.165) is 31.4 Å². The largest absolute Gasteiger partial charge is 0.325 e. The Morgan fingerprint density at radius 3 is 2.83 bits per heavy atom. The van der Waals surface area contributed by atoms with Gasteiger partial charge in [-0.25, -0.2) is 10.4 Å². The molecule has 2 heterocycles. The minimum atomic E-state index is -0.157. The zero-order valence-corrected chi connectivity index (χ0v) is 13.6. The molecule has 2 amide bonds.